The summed E-state index contributed by atoms with van der Waals surface area (Å²) in [5.41, 5.74) is 7.61. The molecule has 0 saturated carbocycles. The summed E-state index contributed by atoms with van der Waals surface area (Å²) in [6.07, 6.45) is 1.32. The molecule has 100 valence electrons. The first-order chi connectivity index (χ1) is 8.52. The Morgan fingerprint density at radius 3 is 2.67 bits per heavy atom. The largest absolute Gasteiger partial charge is 0.399 e. The van der Waals surface area contributed by atoms with Gasteiger partial charge < -0.3 is 10.6 Å². The first-order valence-electron chi connectivity index (χ1n) is 6.65. The van der Waals surface area contributed by atoms with Gasteiger partial charge in [-0.2, -0.15) is 0 Å². The van der Waals surface area contributed by atoms with Gasteiger partial charge in [-0.05, 0) is 37.0 Å². The van der Waals surface area contributed by atoms with E-state index in [-0.39, 0.29) is 5.91 Å². The number of rotatable bonds is 6. The minimum atomic E-state index is 0.230. The molecule has 0 aliphatic heterocycles. The van der Waals surface area contributed by atoms with Gasteiger partial charge in [0.1, 0.15) is 0 Å². The number of aryl methyl sites for hydroxylation is 1. The van der Waals surface area contributed by atoms with Crippen LogP contribution in [0.5, 0.6) is 0 Å². The maximum absolute atomic E-state index is 12.1. The first-order valence-corrected chi connectivity index (χ1v) is 6.65. The van der Waals surface area contributed by atoms with Crippen molar-refractivity contribution >= 4 is 11.6 Å². The highest BCUT2D eigenvalue weighted by Gasteiger charge is 2.12. The number of nitrogens with two attached hydrogens (primary N) is 1. The van der Waals surface area contributed by atoms with E-state index < -0.39 is 0 Å². The summed E-state index contributed by atoms with van der Waals surface area (Å²) < 4.78 is 0. The Kier molecular flexibility index (Phi) is 5.69. The third-order valence-corrected chi connectivity index (χ3v) is 2.90. The van der Waals surface area contributed by atoms with Gasteiger partial charge in [0.2, 0.25) is 5.91 Å². The lowest BCUT2D eigenvalue weighted by Crippen LogP contribution is -2.34. The van der Waals surface area contributed by atoms with Crippen molar-refractivity contribution in [1.29, 1.82) is 0 Å². The number of carbonyl (C=O) groups excluding carboxylic acids is 1. The quantitative estimate of drug-likeness (QED) is 0.787. The summed E-state index contributed by atoms with van der Waals surface area (Å²) >= 11 is 0. The molecule has 1 aromatic rings. The van der Waals surface area contributed by atoms with Crippen molar-refractivity contribution in [2.45, 2.75) is 33.6 Å². The van der Waals surface area contributed by atoms with Crippen molar-refractivity contribution in [2.75, 3.05) is 18.8 Å². The van der Waals surface area contributed by atoms with Crippen LogP contribution in [-0.4, -0.2) is 23.9 Å². The van der Waals surface area contributed by atoms with Gasteiger partial charge in [-0.25, -0.2) is 0 Å². The molecular weight excluding hydrogens is 224 g/mol. The van der Waals surface area contributed by atoms with Gasteiger partial charge in [-0.1, -0.05) is 26.0 Å². The predicted molar refractivity (Wildman–Crippen MR) is 76.3 cm³/mol. The van der Waals surface area contributed by atoms with Crippen LogP contribution in [0.2, 0.25) is 0 Å². The van der Waals surface area contributed by atoms with Gasteiger partial charge >= 0.3 is 0 Å². The van der Waals surface area contributed by atoms with E-state index in [1.54, 1.807) is 0 Å². The predicted octanol–water partition coefficient (Wildman–Crippen LogP) is 2.71. The van der Waals surface area contributed by atoms with Gasteiger partial charge in [0.15, 0.2) is 0 Å². The van der Waals surface area contributed by atoms with Crippen molar-refractivity contribution in [2.24, 2.45) is 5.92 Å². The molecule has 0 heterocycles. The number of benzene rings is 1. The molecule has 0 saturated heterocycles. The normalized spacial score (nSPS) is 10.7. The summed E-state index contributed by atoms with van der Waals surface area (Å²) in [5, 5.41) is 0. The van der Waals surface area contributed by atoms with Gasteiger partial charge in [-0.15, -0.1) is 0 Å². The van der Waals surface area contributed by atoms with E-state index in [0.717, 1.165) is 30.8 Å². The summed E-state index contributed by atoms with van der Waals surface area (Å²) in [5.74, 6) is 0.745. The summed E-state index contributed by atoms with van der Waals surface area (Å²) in [6, 6.07) is 7.75. The first kappa shape index (κ1) is 14.6. The van der Waals surface area contributed by atoms with Crippen molar-refractivity contribution in [1.82, 2.24) is 4.90 Å². The van der Waals surface area contributed by atoms with Crippen molar-refractivity contribution in [3.8, 4) is 0 Å². The van der Waals surface area contributed by atoms with Crippen LogP contribution in [0.4, 0.5) is 5.69 Å². The zero-order chi connectivity index (χ0) is 13.5. The van der Waals surface area contributed by atoms with Gasteiger partial charge in [0.05, 0.1) is 0 Å². The molecule has 2 N–H and O–H groups in total. The monoisotopic (exact) mass is 248 g/mol. The molecule has 0 atom stereocenters. The van der Waals surface area contributed by atoms with E-state index >= 15 is 0 Å². The highest BCUT2D eigenvalue weighted by atomic mass is 16.2. The van der Waals surface area contributed by atoms with Crippen LogP contribution >= 0.6 is 0 Å². The van der Waals surface area contributed by atoms with Crippen molar-refractivity contribution in [3.63, 3.8) is 0 Å². The molecule has 0 radical (unpaired) electrons. The van der Waals surface area contributed by atoms with E-state index in [9.17, 15) is 4.79 Å². The number of amides is 1. The van der Waals surface area contributed by atoms with Gasteiger partial charge in [-0.3, -0.25) is 4.79 Å². The maximum Gasteiger partial charge on any atom is 0.222 e. The zero-order valence-corrected chi connectivity index (χ0v) is 11.6. The van der Waals surface area contributed by atoms with Crippen LogP contribution in [0.15, 0.2) is 24.3 Å². The highest BCUT2D eigenvalue weighted by Crippen LogP contribution is 2.10. The Balaban J connectivity index is 2.49. The molecule has 3 heteroatoms. The molecule has 0 aliphatic rings. The average Bonchev–Trinajstić information content (AvgIpc) is 2.33. The van der Waals surface area contributed by atoms with Crippen LogP contribution in [-0.2, 0) is 11.2 Å². The van der Waals surface area contributed by atoms with Crippen molar-refractivity contribution in [3.05, 3.63) is 29.8 Å². The standard InChI is InChI=1S/C15H24N2O/c1-4-17(11-12(2)3)15(18)9-8-13-6-5-7-14(16)10-13/h5-7,10,12H,4,8-9,11,16H2,1-3H3. The molecular formula is C15H24N2O. The van der Waals surface area contributed by atoms with E-state index in [0.29, 0.717) is 12.3 Å². The molecule has 1 amide bonds. The number of anilines is 1. The number of hydrogen-bond donors (Lipinski definition) is 1. The molecule has 0 bridgehead atoms. The fourth-order valence-electron chi connectivity index (χ4n) is 2.01. The molecule has 0 fully saturated rings. The summed E-state index contributed by atoms with van der Waals surface area (Å²) in [4.78, 5) is 14.0. The smallest absolute Gasteiger partial charge is 0.222 e. The van der Waals surface area contributed by atoms with Crippen LogP contribution in [0.25, 0.3) is 0 Å². The number of nitrogens with zero attached hydrogens (tertiary/aromatic N) is 1. The Hall–Kier alpha value is -1.51. The van der Waals surface area contributed by atoms with Crippen molar-refractivity contribution < 1.29 is 4.79 Å². The average molecular weight is 248 g/mol. The zero-order valence-electron chi connectivity index (χ0n) is 11.6. The number of carbonyl (C=O) groups is 1. The molecule has 0 spiro atoms. The van der Waals surface area contributed by atoms with E-state index in [2.05, 4.69) is 13.8 Å². The second kappa shape index (κ2) is 7.04. The maximum atomic E-state index is 12.1. The van der Waals surface area contributed by atoms with Crippen LogP contribution < -0.4 is 5.73 Å². The molecule has 3 nitrogen and oxygen atoms in total. The lowest BCUT2D eigenvalue weighted by Gasteiger charge is -2.23. The Bertz CT molecular complexity index is 388. The second-order valence-electron chi connectivity index (χ2n) is 5.07. The lowest BCUT2D eigenvalue weighted by molar-refractivity contribution is -0.131. The van der Waals surface area contributed by atoms with E-state index in [1.807, 2.05) is 36.1 Å². The lowest BCUT2D eigenvalue weighted by atomic mass is 10.1. The van der Waals surface area contributed by atoms with Crippen LogP contribution in [0.1, 0.15) is 32.8 Å². The molecule has 0 unspecified atom stereocenters. The third kappa shape index (κ3) is 4.78. The summed E-state index contributed by atoms with van der Waals surface area (Å²) in [7, 11) is 0. The Morgan fingerprint density at radius 2 is 2.11 bits per heavy atom. The number of hydrogen-bond acceptors (Lipinski definition) is 2. The molecule has 18 heavy (non-hydrogen) atoms. The Morgan fingerprint density at radius 1 is 1.39 bits per heavy atom. The van der Waals surface area contributed by atoms with Gasteiger partial charge in [0, 0.05) is 25.2 Å². The van der Waals surface area contributed by atoms with Crippen LogP contribution in [0, 0.1) is 5.92 Å². The number of nitrogen functional groups attached to an aromatic ring is 1. The Labute approximate surface area is 110 Å². The second-order valence-corrected chi connectivity index (χ2v) is 5.07. The topological polar surface area (TPSA) is 46.3 Å². The molecule has 0 aliphatic carbocycles. The molecule has 1 rings (SSSR count). The minimum Gasteiger partial charge on any atom is -0.399 e. The SMILES string of the molecule is CCN(CC(C)C)C(=O)CCc1cccc(N)c1. The fraction of sp³-hybridized carbons (Fsp3) is 0.533. The highest BCUT2D eigenvalue weighted by molar-refractivity contribution is 5.76. The van der Waals surface area contributed by atoms with E-state index in [1.165, 1.54) is 0 Å². The molecule has 0 aromatic heterocycles. The fourth-order valence-corrected chi connectivity index (χ4v) is 2.01. The third-order valence-electron chi connectivity index (χ3n) is 2.90. The summed E-state index contributed by atoms with van der Waals surface area (Å²) in [6.45, 7) is 7.92. The minimum absolute atomic E-state index is 0.230. The van der Waals surface area contributed by atoms with Crippen LogP contribution in [0.3, 0.4) is 0 Å². The molecule has 1 aromatic carbocycles. The van der Waals surface area contributed by atoms with E-state index in [4.69, 9.17) is 5.73 Å². The van der Waals surface area contributed by atoms with Gasteiger partial charge in [0.25, 0.3) is 0 Å².